The number of hydrogen-bond donors (Lipinski definition) is 3. The van der Waals surface area contributed by atoms with Crippen LogP contribution in [0.4, 0.5) is 0 Å². The fourth-order valence-electron chi connectivity index (χ4n) is 1.70. The average Bonchev–Trinajstić information content (AvgIpc) is 2.39. The van der Waals surface area contributed by atoms with Gasteiger partial charge in [0.15, 0.2) is 0 Å². The number of nitrogens with one attached hydrogen (secondary N) is 2. The van der Waals surface area contributed by atoms with E-state index in [1.807, 2.05) is 7.05 Å². The van der Waals surface area contributed by atoms with Gasteiger partial charge in [0.1, 0.15) is 0 Å². The summed E-state index contributed by atoms with van der Waals surface area (Å²) >= 11 is 0. The second-order valence-electron chi connectivity index (χ2n) is 3.24. The highest BCUT2D eigenvalue weighted by Gasteiger charge is 2.25. The van der Waals surface area contributed by atoms with Crippen molar-refractivity contribution in [3.63, 3.8) is 0 Å². The van der Waals surface area contributed by atoms with Crippen LogP contribution in [-0.4, -0.2) is 38.3 Å². The zero-order valence-electron chi connectivity index (χ0n) is 7.30. The SMILES string of the molecule is CNC(NN)C1CCN(C)C1. The van der Waals surface area contributed by atoms with Gasteiger partial charge < -0.3 is 10.2 Å². The summed E-state index contributed by atoms with van der Waals surface area (Å²) in [6.07, 6.45) is 1.49. The molecule has 1 saturated heterocycles. The zero-order chi connectivity index (χ0) is 8.27. The van der Waals surface area contributed by atoms with E-state index in [1.54, 1.807) is 0 Å². The van der Waals surface area contributed by atoms with Crippen LogP contribution in [0.2, 0.25) is 0 Å². The van der Waals surface area contributed by atoms with Gasteiger partial charge in [-0.25, -0.2) is 5.43 Å². The summed E-state index contributed by atoms with van der Waals surface area (Å²) in [6.45, 7) is 2.32. The van der Waals surface area contributed by atoms with Crippen molar-refractivity contribution in [2.24, 2.45) is 11.8 Å². The average molecular weight is 158 g/mol. The van der Waals surface area contributed by atoms with E-state index >= 15 is 0 Å². The molecule has 4 N–H and O–H groups in total. The summed E-state index contributed by atoms with van der Waals surface area (Å²) in [5.41, 5.74) is 2.78. The molecule has 1 heterocycles. The van der Waals surface area contributed by atoms with Gasteiger partial charge in [-0.2, -0.15) is 0 Å². The van der Waals surface area contributed by atoms with Crippen molar-refractivity contribution in [2.75, 3.05) is 27.2 Å². The maximum absolute atomic E-state index is 5.38. The molecule has 11 heavy (non-hydrogen) atoms. The summed E-state index contributed by atoms with van der Waals surface area (Å²) in [4.78, 5) is 2.33. The smallest absolute Gasteiger partial charge is 0.0740 e. The van der Waals surface area contributed by atoms with Gasteiger partial charge >= 0.3 is 0 Å². The second kappa shape index (κ2) is 4.01. The molecule has 1 rings (SSSR count). The maximum Gasteiger partial charge on any atom is 0.0740 e. The predicted molar refractivity (Wildman–Crippen MR) is 45.8 cm³/mol. The van der Waals surface area contributed by atoms with E-state index in [9.17, 15) is 0 Å². The molecule has 0 aliphatic carbocycles. The van der Waals surface area contributed by atoms with Gasteiger partial charge in [-0.1, -0.05) is 0 Å². The minimum absolute atomic E-state index is 0.264. The summed E-state index contributed by atoms with van der Waals surface area (Å²) in [7, 11) is 4.08. The van der Waals surface area contributed by atoms with E-state index in [0.717, 1.165) is 6.54 Å². The highest BCUT2D eigenvalue weighted by Crippen LogP contribution is 2.15. The molecule has 4 nitrogen and oxygen atoms in total. The number of rotatable bonds is 3. The molecule has 0 radical (unpaired) electrons. The molecule has 1 fully saturated rings. The molecule has 2 atom stereocenters. The lowest BCUT2D eigenvalue weighted by atomic mass is 10.1. The monoisotopic (exact) mass is 158 g/mol. The molecule has 0 bridgehead atoms. The molecule has 0 aromatic rings. The lowest BCUT2D eigenvalue weighted by molar-refractivity contribution is 0.309. The van der Waals surface area contributed by atoms with Gasteiger partial charge in [0.25, 0.3) is 0 Å². The predicted octanol–water partition coefficient (Wildman–Crippen LogP) is -1.05. The molecule has 0 amide bonds. The number of hydrazine groups is 1. The molecule has 0 saturated carbocycles. The second-order valence-corrected chi connectivity index (χ2v) is 3.24. The van der Waals surface area contributed by atoms with Gasteiger partial charge in [-0.05, 0) is 27.1 Å². The third-order valence-corrected chi connectivity index (χ3v) is 2.39. The van der Waals surface area contributed by atoms with Crippen LogP contribution in [0.1, 0.15) is 6.42 Å². The van der Waals surface area contributed by atoms with Crippen LogP contribution in [0.5, 0.6) is 0 Å². The van der Waals surface area contributed by atoms with Crippen LogP contribution in [0.15, 0.2) is 0 Å². The lowest BCUT2D eigenvalue weighted by Gasteiger charge is -2.21. The van der Waals surface area contributed by atoms with Crippen molar-refractivity contribution < 1.29 is 0 Å². The van der Waals surface area contributed by atoms with E-state index < -0.39 is 0 Å². The Hall–Kier alpha value is -0.160. The summed E-state index contributed by atoms with van der Waals surface area (Å²) < 4.78 is 0. The molecule has 66 valence electrons. The molecule has 0 aromatic carbocycles. The van der Waals surface area contributed by atoms with E-state index in [-0.39, 0.29) is 6.17 Å². The Morgan fingerprint density at radius 1 is 1.64 bits per heavy atom. The topological polar surface area (TPSA) is 53.3 Å². The first-order chi connectivity index (χ1) is 5.27. The fourth-order valence-corrected chi connectivity index (χ4v) is 1.70. The molecular formula is C7H18N4. The van der Waals surface area contributed by atoms with Crippen LogP contribution in [-0.2, 0) is 0 Å². The molecule has 4 heteroatoms. The fraction of sp³-hybridized carbons (Fsp3) is 1.00. The highest BCUT2D eigenvalue weighted by atomic mass is 15.3. The van der Waals surface area contributed by atoms with Crippen molar-refractivity contribution in [1.82, 2.24) is 15.6 Å². The van der Waals surface area contributed by atoms with E-state index in [0.29, 0.717) is 5.92 Å². The van der Waals surface area contributed by atoms with E-state index in [4.69, 9.17) is 5.84 Å². The molecule has 2 unspecified atom stereocenters. The molecular weight excluding hydrogens is 140 g/mol. The van der Waals surface area contributed by atoms with Crippen LogP contribution in [0.25, 0.3) is 0 Å². The standard InChI is InChI=1S/C7H18N4/c1-9-7(10-8)6-3-4-11(2)5-6/h6-7,9-10H,3-5,8H2,1-2H3. The maximum atomic E-state index is 5.38. The number of nitrogens with zero attached hydrogens (tertiary/aromatic N) is 1. The van der Waals surface area contributed by atoms with Gasteiger partial charge in [-0.3, -0.25) is 5.84 Å². The normalized spacial score (nSPS) is 29.2. The van der Waals surface area contributed by atoms with Crippen LogP contribution >= 0.6 is 0 Å². The molecule has 0 spiro atoms. The number of hydrogen-bond acceptors (Lipinski definition) is 4. The first-order valence-corrected chi connectivity index (χ1v) is 4.10. The minimum Gasteiger partial charge on any atom is -0.306 e. The van der Waals surface area contributed by atoms with Gasteiger partial charge in [-0.15, -0.1) is 0 Å². The first-order valence-electron chi connectivity index (χ1n) is 4.10. The molecule has 1 aliphatic rings. The number of likely N-dealkylation sites (tertiary alicyclic amines) is 1. The van der Waals surface area contributed by atoms with Gasteiger partial charge in [0.2, 0.25) is 0 Å². The van der Waals surface area contributed by atoms with Gasteiger partial charge in [0.05, 0.1) is 6.17 Å². The van der Waals surface area contributed by atoms with Crippen molar-refractivity contribution in [1.29, 1.82) is 0 Å². The van der Waals surface area contributed by atoms with Crippen molar-refractivity contribution in [2.45, 2.75) is 12.6 Å². The Bertz CT molecular complexity index is 113. The van der Waals surface area contributed by atoms with Crippen molar-refractivity contribution >= 4 is 0 Å². The van der Waals surface area contributed by atoms with Crippen molar-refractivity contribution in [3.8, 4) is 0 Å². The van der Waals surface area contributed by atoms with Crippen LogP contribution < -0.4 is 16.6 Å². The highest BCUT2D eigenvalue weighted by molar-refractivity contribution is 4.80. The van der Waals surface area contributed by atoms with E-state index in [1.165, 1.54) is 13.0 Å². The molecule has 0 aromatic heterocycles. The quantitative estimate of drug-likeness (QED) is 0.279. The third kappa shape index (κ3) is 2.13. The Kier molecular flexibility index (Phi) is 3.26. The Morgan fingerprint density at radius 2 is 2.36 bits per heavy atom. The van der Waals surface area contributed by atoms with Crippen molar-refractivity contribution in [3.05, 3.63) is 0 Å². The van der Waals surface area contributed by atoms with Crippen LogP contribution in [0.3, 0.4) is 0 Å². The first kappa shape index (κ1) is 8.93. The minimum atomic E-state index is 0.264. The third-order valence-electron chi connectivity index (χ3n) is 2.39. The summed E-state index contributed by atoms with van der Waals surface area (Å²) in [6, 6.07) is 0. The van der Waals surface area contributed by atoms with Crippen LogP contribution in [0, 0.1) is 5.92 Å². The number of nitrogens with two attached hydrogens (primary N) is 1. The Balaban J connectivity index is 2.34. The van der Waals surface area contributed by atoms with Gasteiger partial charge in [0, 0.05) is 12.5 Å². The summed E-state index contributed by atoms with van der Waals surface area (Å²) in [5, 5.41) is 3.15. The Morgan fingerprint density at radius 3 is 2.73 bits per heavy atom. The molecule has 1 aliphatic heterocycles. The summed E-state index contributed by atoms with van der Waals surface area (Å²) in [5.74, 6) is 6.03. The lowest BCUT2D eigenvalue weighted by Crippen LogP contribution is -2.50. The Labute approximate surface area is 68.1 Å². The van der Waals surface area contributed by atoms with E-state index in [2.05, 4.69) is 22.7 Å². The largest absolute Gasteiger partial charge is 0.306 e. The zero-order valence-corrected chi connectivity index (χ0v) is 7.30.